The molecule has 7 nitrogen and oxygen atoms in total. The van der Waals surface area contributed by atoms with Gasteiger partial charge in [0, 0.05) is 35.8 Å². The van der Waals surface area contributed by atoms with Crippen LogP contribution in [0.15, 0.2) is 66.6 Å². The minimum absolute atomic E-state index is 0.205. The molecule has 0 spiro atoms. The molecule has 7 heteroatoms. The number of ether oxygens (including phenoxy) is 4. The summed E-state index contributed by atoms with van der Waals surface area (Å²) < 4.78 is 24.0. The Morgan fingerprint density at radius 3 is 2.54 bits per heavy atom. The molecule has 0 unspecified atom stereocenters. The van der Waals surface area contributed by atoms with Crippen LogP contribution in [0.3, 0.4) is 0 Å². The van der Waals surface area contributed by atoms with E-state index in [1.165, 1.54) is 14.2 Å². The molecule has 0 bridgehead atoms. The molecule has 2 heterocycles. The average molecular weight is 469 g/mol. The Morgan fingerprint density at radius 2 is 1.77 bits per heavy atom. The summed E-state index contributed by atoms with van der Waals surface area (Å²) in [4.78, 5) is 25.9. The van der Waals surface area contributed by atoms with Gasteiger partial charge in [-0.05, 0) is 48.9 Å². The van der Waals surface area contributed by atoms with Gasteiger partial charge in [-0.1, -0.05) is 18.2 Å². The van der Waals surface area contributed by atoms with Gasteiger partial charge in [0.2, 0.25) is 5.78 Å². The zero-order valence-electron chi connectivity index (χ0n) is 19.7. The highest BCUT2D eigenvalue weighted by Gasteiger charge is 2.30. The molecule has 0 N–H and O–H groups in total. The van der Waals surface area contributed by atoms with Crippen molar-refractivity contribution in [1.82, 2.24) is 4.57 Å². The third kappa shape index (κ3) is 3.91. The zero-order valence-corrected chi connectivity index (χ0v) is 19.7. The fraction of sp³-hybridized carbons (Fsp3) is 0.143. The minimum Gasteiger partial charge on any atom is -0.493 e. The number of aromatic nitrogens is 1. The van der Waals surface area contributed by atoms with E-state index in [-0.39, 0.29) is 17.3 Å². The van der Waals surface area contributed by atoms with Crippen molar-refractivity contribution in [3.05, 3.63) is 88.8 Å². The van der Waals surface area contributed by atoms with Crippen LogP contribution in [-0.2, 0) is 7.05 Å². The second kappa shape index (κ2) is 8.68. The Bertz CT molecular complexity index is 1530. The number of rotatable bonds is 5. The van der Waals surface area contributed by atoms with Crippen LogP contribution < -0.4 is 18.9 Å². The molecule has 5 rings (SSSR count). The summed E-state index contributed by atoms with van der Waals surface area (Å²) in [5, 5.41) is 1.02. The smallest absolute Gasteiger partial charge is 0.343 e. The normalized spacial score (nSPS) is 13.6. The number of esters is 1. The van der Waals surface area contributed by atoms with E-state index < -0.39 is 5.97 Å². The Hall–Kier alpha value is -4.52. The molecule has 0 aliphatic carbocycles. The number of fused-ring (bicyclic) bond motifs is 2. The fourth-order valence-corrected chi connectivity index (χ4v) is 4.29. The number of Topliss-reactive ketones (excluding diaryl/α,β-unsaturated/α-hetero) is 1. The summed E-state index contributed by atoms with van der Waals surface area (Å²) in [6, 6.07) is 15.9. The van der Waals surface area contributed by atoms with E-state index in [4.69, 9.17) is 18.9 Å². The molecule has 1 aliphatic rings. The summed E-state index contributed by atoms with van der Waals surface area (Å²) in [6.07, 6.45) is 3.71. The van der Waals surface area contributed by atoms with Crippen LogP contribution in [-0.4, -0.2) is 30.5 Å². The van der Waals surface area contributed by atoms with Crippen molar-refractivity contribution in [1.29, 1.82) is 0 Å². The van der Waals surface area contributed by atoms with Crippen molar-refractivity contribution in [3.8, 4) is 23.0 Å². The van der Waals surface area contributed by atoms with E-state index in [1.54, 1.807) is 43.3 Å². The Labute approximate surface area is 202 Å². The quantitative estimate of drug-likeness (QED) is 0.223. The van der Waals surface area contributed by atoms with E-state index in [9.17, 15) is 9.59 Å². The molecule has 1 aromatic heterocycles. The third-order valence-electron chi connectivity index (χ3n) is 5.99. The lowest BCUT2D eigenvalue weighted by atomic mass is 10.0. The van der Waals surface area contributed by atoms with Crippen molar-refractivity contribution in [2.24, 2.45) is 7.05 Å². The van der Waals surface area contributed by atoms with Crippen LogP contribution in [0.2, 0.25) is 0 Å². The second-order valence-electron chi connectivity index (χ2n) is 8.22. The molecule has 0 radical (unpaired) electrons. The van der Waals surface area contributed by atoms with E-state index in [1.807, 2.05) is 42.1 Å². The van der Waals surface area contributed by atoms with Gasteiger partial charge < -0.3 is 23.5 Å². The van der Waals surface area contributed by atoms with Gasteiger partial charge in [0.05, 0.1) is 25.3 Å². The van der Waals surface area contributed by atoms with Crippen LogP contribution in [0, 0.1) is 6.92 Å². The largest absolute Gasteiger partial charge is 0.493 e. The van der Waals surface area contributed by atoms with Crippen LogP contribution in [0.5, 0.6) is 23.0 Å². The molecular formula is C28H23NO6. The van der Waals surface area contributed by atoms with E-state index in [0.717, 1.165) is 16.5 Å². The first-order chi connectivity index (χ1) is 16.9. The number of benzene rings is 3. The summed E-state index contributed by atoms with van der Waals surface area (Å²) >= 11 is 0. The van der Waals surface area contributed by atoms with Gasteiger partial charge >= 0.3 is 5.97 Å². The highest BCUT2D eigenvalue weighted by atomic mass is 16.5. The molecule has 0 atom stereocenters. The van der Waals surface area contributed by atoms with Gasteiger partial charge in [0.1, 0.15) is 11.5 Å². The number of methoxy groups -OCH3 is 2. The Morgan fingerprint density at radius 1 is 1.00 bits per heavy atom. The van der Waals surface area contributed by atoms with Crippen molar-refractivity contribution in [2.75, 3.05) is 14.2 Å². The molecule has 176 valence electrons. The van der Waals surface area contributed by atoms with E-state index >= 15 is 0 Å². The SMILES string of the molecule is COc1ccc(C(=O)Oc2cc(C)c3c(c2)O/C(=C\c2cn(C)c4ccccc24)C3=O)cc1OC. The summed E-state index contributed by atoms with van der Waals surface area (Å²) in [7, 11) is 4.97. The lowest BCUT2D eigenvalue weighted by Gasteiger charge is -2.10. The highest BCUT2D eigenvalue weighted by molar-refractivity contribution is 6.16. The monoisotopic (exact) mass is 469 g/mol. The van der Waals surface area contributed by atoms with Gasteiger partial charge in [-0.25, -0.2) is 4.79 Å². The number of aryl methyl sites for hydroxylation is 2. The van der Waals surface area contributed by atoms with E-state index in [0.29, 0.717) is 33.9 Å². The fourth-order valence-electron chi connectivity index (χ4n) is 4.29. The molecule has 1 aliphatic heterocycles. The maximum absolute atomic E-state index is 13.1. The van der Waals surface area contributed by atoms with Crippen LogP contribution >= 0.6 is 0 Å². The summed E-state index contributed by atoms with van der Waals surface area (Å²) in [5.74, 6) is 1.02. The van der Waals surface area contributed by atoms with E-state index in [2.05, 4.69) is 0 Å². The topological polar surface area (TPSA) is 76.0 Å². The van der Waals surface area contributed by atoms with Crippen LogP contribution in [0.4, 0.5) is 0 Å². The van der Waals surface area contributed by atoms with Crippen molar-refractivity contribution in [2.45, 2.75) is 6.92 Å². The highest BCUT2D eigenvalue weighted by Crippen LogP contribution is 2.38. The molecule has 0 saturated heterocycles. The number of hydrogen-bond donors (Lipinski definition) is 0. The second-order valence-corrected chi connectivity index (χ2v) is 8.22. The Balaban J connectivity index is 1.43. The number of nitrogens with zero attached hydrogens (tertiary/aromatic N) is 1. The summed E-state index contributed by atoms with van der Waals surface area (Å²) in [6.45, 7) is 1.79. The zero-order chi connectivity index (χ0) is 24.7. The Kier molecular flexibility index (Phi) is 5.53. The molecule has 3 aromatic carbocycles. The van der Waals surface area contributed by atoms with Gasteiger partial charge in [-0.15, -0.1) is 0 Å². The molecule has 0 saturated carbocycles. The first-order valence-corrected chi connectivity index (χ1v) is 11.0. The van der Waals surface area contributed by atoms with Gasteiger partial charge in [0.15, 0.2) is 17.3 Å². The predicted molar refractivity (Wildman–Crippen MR) is 132 cm³/mol. The van der Waals surface area contributed by atoms with Crippen molar-refractivity contribution >= 4 is 28.7 Å². The van der Waals surface area contributed by atoms with Crippen LogP contribution in [0.25, 0.3) is 17.0 Å². The predicted octanol–water partition coefficient (Wildman–Crippen LogP) is 5.34. The van der Waals surface area contributed by atoms with Gasteiger partial charge in [-0.2, -0.15) is 0 Å². The lowest BCUT2D eigenvalue weighted by Crippen LogP contribution is -2.09. The maximum Gasteiger partial charge on any atom is 0.343 e. The molecule has 4 aromatic rings. The molecule has 0 amide bonds. The number of carbonyl (C=O) groups excluding carboxylic acids is 2. The first kappa shape index (κ1) is 22.3. The standard InChI is InChI=1S/C28H23NO6/c1-16-11-19(34-28(31)17-9-10-22(32-3)23(12-17)33-4)14-24-26(16)27(30)25(35-24)13-18-15-29(2)21-8-6-5-7-20(18)21/h5-15H,1-4H3/b25-13-. The molecule has 0 fully saturated rings. The van der Waals surface area contributed by atoms with Gasteiger partial charge in [0.25, 0.3) is 0 Å². The first-order valence-electron chi connectivity index (χ1n) is 11.0. The maximum atomic E-state index is 13.1. The van der Waals surface area contributed by atoms with Gasteiger partial charge in [-0.3, -0.25) is 4.79 Å². The summed E-state index contributed by atoms with van der Waals surface area (Å²) in [5.41, 5.74) is 3.36. The number of allylic oxidation sites excluding steroid dienone is 1. The molecular weight excluding hydrogens is 446 g/mol. The lowest BCUT2D eigenvalue weighted by molar-refractivity contribution is 0.0734. The van der Waals surface area contributed by atoms with Crippen molar-refractivity contribution in [3.63, 3.8) is 0 Å². The molecule has 35 heavy (non-hydrogen) atoms. The number of hydrogen-bond acceptors (Lipinski definition) is 6. The number of carbonyl (C=O) groups is 2. The average Bonchev–Trinajstić information content (AvgIpc) is 3.35. The third-order valence-corrected chi connectivity index (χ3v) is 5.99. The van der Waals surface area contributed by atoms with Crippen molar-refractivity contribution < 1.29 is 28.5 Å². The number of ketones is 1. The number of para-hydroxylation sites is 1. The minimum atomic E-state index is -0.568. The van der Waals surface area contributed by atoms with Crippen LogP contribution in [0.1, 0.15) is 31.8 Å².